The summed E-state index contributed by atoms with van der Waals surface area (Å²) in [5.74, 6) is 0. The van der Waals surface area contributed by atoms with Crippen LogP contribution >= 0.6 is 0 Å². The van der Waals surface area contributed by atoms with Gasteiger partial charge in [0, 0.05) is 17.6 Å². The molecule has 18 heavy (non-hydrogen) atoms. The molecule has 0 saturated heterocycles. The zero-order valence-corrected chi connectivity index (χ0v) is 10.7. The number of ether oxygens (including phenoxy) is 1. The van der Waals surface area contributed by atoms with E-state index >= 15 is 0 Å². The quantitative estimate of drug-likeness (QED) is 0.887. The molecule has 0 atom stereocenters. The van der Waals surface area contributed by atoms with E-state index in [2.05, 4.69) is 10.3 Å². The van der Waals surface area contributed by atoms with Crippen molar-refractivity contribution in [1.82, 2.24) is 10.3 Å². The summed E-state index contributed by atoms with van der Waals surface area (Å²) in [5, 5.41) is 3.59. The van der Waals surface area contributed by atoms with Gasteiger partial charge in [-0.2, -0.15) is 0 Å². The zero-order chi connectivity index (χ0) is 13.2. The molecule has 0 fully saturated rings. The molecular formula is C13H16N2O3. The number of nitrogens with zero attached hydrogens (tertiary/aromatic N) is 1. The number of hydrogen-bond donors (Lipinski definition) is 1. The molecule has 0 aliphatic heterocycles. The van der Waals surface area contributed by atoms with Crippen molar-refractivity contribution in [3.8, 4) is 0 Å². The summed E-state index contributed by atoms with van der Waals surface area (Å²) in [4.78, 5) is 15.7. The van der Waals surface area contributed by atoms with E-state index in [0.717, 1.165) is 16.7 Å². The molecule has 2 heterocycles. The van der Waals surface area contributed by atoms with Gasteiger partial charge in [0.15, 0.2) is 0 Å². The Kier molecular flexibility index (Phi) is 3.23. The highest BCUT2D eigenvalue weighted by atomic mass is 16.6. The standard InChI is InChI=1S/C13H16N2O3/c1-13(2,3)18-12(16)15-8-10-6-11-9(7-14-10)4-5-17-11/h4-7H,8H2,1-3H3,(H,15,16). The van der Waals surface area contributed by atoms with Crippen molar-refractivity contribution < 1.29 is 13.9 Å². The van der Waals surface area contributed by atoms with E-state index < -0.39 is 11.7 Å². The minimum atomic E-state index is -0.498. The van der Waals surface area contributed by atoms with Gasteiger partial charge < -0.3 is 14.5 Å². The second kappa shape index (κ2) is 4.68. The summed E-state index contributed by atoms with van der Waals surface area (Å²) in [6.45, 7) is 5.77. The van der Waals surface area contributed by atoms with Gasteiger partial charge in [-0.25, -0.2) is 4.79 Å². The summed E-state index contributed by atoms with van der Waals surface area (Å²) < 4.78 is 10.4. The van der Waals surface area contributed by atoms with Crippen LogP contribution in [0.15, 0.2) is 29.0 Å². The average Bonchev–Trinajstić information content (AvgIpc) is 2.71. The molecule has 5 nitrogen and oxygen atoms in total. The highest BCUT2D eigenvalue weighted by Gasteiger charge is 2.15. The van der Waals surface area contributed by atoms with E-state index in [1.54, 1.807) is 18.5 Å². The maximum absolute atomic E-state index is 11.5. The lowest BCUT2D eigenvalue weighted by atomic mass is 10.2. The molecule has 0 aliphatic carbocycles. The van der Waals surface area contributed by atoms with Crippen LogP contribution in [-0.2, 0) is 11.3 Å². The summed E-state index contributed by atoms with van der Waals surface area (Å²) in [7, 11) is 0. The van der Waals surface area contributed by atoms with E-state index in [1.165, 1.54) is 0 Å². The van der Waals surface area contributed by atoms with Gasteiger partial charge >= 0.3 is 6.09 Å². The van der Waals surface area contributed by atoms with Crippen LogP contribution in [0.5, 0.6) is 0 Å². The Hall–Kier alpha value is -2.04. The summed E-state index contributed by atoms with van der Waals surface area (Å²) >= 11 is 0. The molecule has 1 N–H and O–H groups in total. The second-order valence-electron chi connectivity index (χ2n) is 4.99. The third-order valence-corrected chi connectivity index (χ3v) is 2.21. The lowest BCUT2D eigenvalue weighted by Crippen LogP contribution is -2.32. The number of carbonyl (C=O) groups is 1. The van der Waals surface area contributed by atoms with Gasteiger partial charge in [0.1, 0.15) is 11.2 Å². The van der Waals surface area contributed by atoms with E-state index in [-0.39, 0.29) is 0 Å². The van der Waals surface area contributed by atoms with Gasteiger partial charge in [0.25, 0.3) is 0 Å². The van der Waals surface area contributed by atoms with Crippen LogP contribution in [-0.4, -0.2) is 16.7 Å². The van der Waals surface area contributed by atoms with Crippen LogP contribution in [0.2, 0.25) is 0 Å². The van der Waals surface area contributed by atoms with Gasteiger partial charge in [-0.05, 0) is 26.8 Å². The maximum atomic E-state index is 11.5. The third kappa shape index (κ3) is 3.23. The first-order valence-corrected chi connectivity index (χ1v) is 5.73. The Morgan fingerprint density at radius 1 is 1.50 bits per heavy atom. The van der Waals surface area contributed by atoms with Gasteiger partial charge in [-0.1, -0.05) is 0 Å². The fourth-order valence-corrected chi connectivity index (χ4v) is 1.47. The fraction of sp³-hybridized carbons (Fsp3) is 0.385. The fourth-order valence-electron chi connectivity index (χ4n) is 1.47. The SMILES string of the molecule is CC(C)(C)OC(=O)NCc1cc2occc2cn1. The largest absolute Gasteiger partial charge is 0.464 e. The number of alkyl carbamates (subject to hydrolysis) is 1. The molecule has 1 amide bonds. The number of fused-ring (bicyclic) bond motifs is 1. The molecule has 0 unspecified atom stereocenters. The Morgan fingerprint density at radius 2 is 2.28 bits per heavy atom. The molecule has 5 heteroatoms. The molecule has 0 aromatic carbocycles. The van der Waals surface area contributed by atoms with Crippen LogP contribution in [0.1, 0.15) is 26.5 Å². The van der Waals surface area contributed by atoms with Crippen molar-refractivity contribution in [2.45, 2.75) is 32.9 Å². The molecule has 96 valence electrons. The van der Waals surface area contributed by atoms with Crippen molar-refractivity contribution in [3.05, 3.63) is 30.3 Å². The minimum Gasteiger partial charge on any atom is -0.464 e. The Labute approximate surface area is 105 Å². The second-order valence-corrected chi connectivity index (χ2v) is 4.99. The van der Waals surface area contributed by atoms with Crippen molar-refractivity contribution in [1.29, 1.82) is 0 Å². The highest BCUT2D eigenvalue weighted by Crippen LogP contribution is 2.14. The van der Waals surface area contributed by atoms with E-state index in [0.29, 0.717) is 6.54 Å². The predicted molar refractivity (Wildman–Crippen MR) is 67.1 cm³/mol. The van der Waals surface area contributed by atoms with Gasteiger partial charge in [0.05, 0.1) is 18.5 Å². The Morgan fingerprint density at radius 3 is 3.00 bits per heavy atom. The third-order valence-electron chi connectivity index (χ3n) is 2.21. The first kappa shape index (κ1) is 12.4. The first-order valence-electron chi connectivity index (χ1n) is 5.73. The number of nitrogens with one attached hydrogen (secondary N) is 1. The zero-order valence-electron chi connectivity index (χ0n) is 10.7. The summed E-state index contributed by atoms with van der Waals surface area (Å²) in [6, 6.07) is 3.64. The summed E-state index contributed by atoms with van der Waals surface area (Å²) in [6.07, 6.45) is 2.87. The lowest BCUT2D eigenvalue weighted by molar-refractivity contribution is 0.0523. The predicted octanol–water partition coefficient (Wildman–Crippen LogP) is 2.85. The van der Waals surface area contributed by atoms with Gasteiger partial charge in [-0.15, -0.1) is 0 Å². The van der Waals surface area contributed by atoms with Crippen molar-refractivity contribution in [3.63, 3.8) is 0 Å². The number of hydrogen-bond acceptors (Lipinski definition) is 4. The van der Waals surface area contributed by atoms with Gasteiger partial charge in [-0.3, -0.25) is 4.98 Å². The molecule has 2 rings (SSSR count). The average molecular weight is 248 g/mol. The topological polar surface area (TPSA) is 64.4 Å². The van der Waals surface area contributed by atoms with Crippen LogP contribution in [0.3, 0.4) is 0 Å². The van der Waals surface area contributed by atoms with Crippen molar-refractivity contribution in [2.24, 2.45) is 0 Å². The number of furan rings is 1. The van der Waals surface area contributed by atoms with E-state index in [4.69, 9.17) is 9.15 Å². The molecule has 2 aromatic heterocycles. The van der Waals surface area contributed by atoms with Gasteiger partial charge in [0.2, 0.25) is 0 Å². The molecular weight excluding hydrogens is 232 g/mol. The van der Waals surface area contributed by atoms with Crippen molar-refractivity contribution in [2.75, 3.05) is 0 Å². The molecule has 0 aliphatic rings. The maximum Gasteiger partial charge on any atom is 0.407 e. The molecule has 0 radical (unpaired) electrons. The lowest BCUT2D eigenvalue weighted by Gasteiger charge is -2.19. The molecule has 0 bridgehead atoms. The molecule has 2 aromatic rings. The Balaban J connectivity index is 1.95. The molecule has 0 saturated carbocycles. The normalized spacial score (nSPS) is 11.5. The number of aromatic nitrogens is 1. The van der Waals surface area contributed by atoms with Crippen LogP contribution in [0.25, 0.3) is 11.0 Å². The number of carbonyl (C=O) groups excluding carboxylic acids is 1. The monoisotopic (exact) mass is 248 g/mol. The van der Waals surface area contributed by atoms with Crippen LogP contribution in [0, 0.1) is 0 Å². The number of pyridine rings is 1. The first-order chi connectivity index (χ1) is 8.44. The number of rotatable bonds is 2. The molecule has 0 spiro atoms. The van der Waals surface area contributed by atoms with Crippen LogP contribution in [0.4, 0.5) is 4.79 Å². The highest BCUT2D eigenvalue weighted by molar-refractivity contribution is 5.76. The van der Waals surface area contributed by atoms with Crippen molar-refractivity contribution >= 4 is 17.1 Å². The smallest absolute Gasteiger partial charge is 0.407 e. The Bertz CT molecular complexity index is 555. The number of amides is 1. The van der Waals surface area contributed by atoms with E-state index in [1.807, 2.05) is 26.8 Å². The minimum absolute atomic E-state index is 0.311. The van der Waals surface area contributed by atoms with Crippen LogP contribution < -0.4 is 5.32 Å². The van der Waals surface area contributed by atoms with E-state index in [9.17, 15) is 4.79 Å². The summed E-state index contributed by atoms with van der Waals surface area (Å²) in [5.41, 5.74) is 0.983.